The highest BCUT2D eigenvalue weighted by Gasteiger charge is 2.63. The van der Waals surface area contributed by atoms with Gasteiger partial charge in [-0.1, -0.05) is 0 Å². The summed E-state index contributed by atoms with van der Waals surface area (Å²) in [7, 11) is 0. The number of ether oxygens (including phenoxy) is 1. The molecule has 0 aliphatic carbocycles. The van der Waals surface area contributed by atoms with Crippen molar-refractivity contribution in [3.8, 4) is 0 Å². The molecule has 1 atom stereocenters. The number of alkyl halides is 3. The summed E-state index contributed by atoms with van der Waals surface area (Å²) >= 11 is 0. The molecule has 96 valence electrons. The van der Waals surface area contributed by atoms with Crippen molar-refractivity contribution in [2.24, 2.45) is 0 Å². The highest BCUT2D eigenvalue weighted by Crippen LogP contribution is 2.37. The van der Waals surface area contributed by atoms with Crippen molar-refractivity contribution in [1.29, 1.82) is 0 Å². The van der Waals surface area contributed by atoms with Crippen molar-refractivity contribution in [2.75, 3.05) is 6.61 Å². The number of allylic oxidation sites excluding steroid dienone is 2. The summed E-state index contributed by atoms with van der Waals surface area (Å²) < 4.78 is 43.3. The molecule has 0 aromatic rings. The van der Waals surface area contributed by atoms with Gasteiger partial charge in [-0.15, -0.1) is 0 Å². The van der Waals surface area contributed by atoms with Crippen LogP contribution in [0.1, 0.15) is 20.3 Å². The molecule has 0 aromatic carbocycles. The van der Waals surface area contributed by atoms with Crippen molar-refractivity contribution in [1.82, 2.24) is 5.32 Å². The third-order valence-electron chi connectivity index (χ3n) is 2.34. The average molecular weight is 251 g/mol. The third-order valence-corrected chi connectivity index (χ3v) is 2.34. The molecule has 4 nitrogen and oxygen atoms in total. The van der Waals surface area contributed by atoms with E-state index in [1.807, 2.05) is 5.32 Å². The maximum absolute atomic E-state index is 13.0. The van der Waals surface area contributed by atoms with Gasteiger partial charge < -0.3 is 10.1 Å². The molecular formula is C10H12F3NO3. The van der Waals surface area contributed by atoms with Gasteiger partial charge in [-0.25, -0.2) is 4.79 Å². The number of nitrogens with one attached hydrogen (secondary N) is 1. The second-order valence-electron chi connectivity index (χ2n) is 3.72. The van der Waals surface area contributed by atoms with E-state index >= 15 is 0 Å². The number of ketones is 1. The van der Waals surface area contributed by atoms with Gasteiger partial charge in [0.25, 0.3) is 0 Å². The Balaban J connectivity index is 3.18. The lowest BCUT2D eigenvalue weighted by Gasteiger charge is -2.36. The minimum atomic E-state index is -4.90. The van der Waals surface area contributed by atoms with E-state index in [1.54, 1.807) is 0 Å². The molecule has 0 fully saturated rings. The first-order valence-corrected chi connectivity index (χ1v) is 4.96. The standard InChI is InChI=1S/C10H12F3NO3/c1-3-17-8(16)9(10(11,12)13)5-7(15)4-6(2)14-9/h4,14H,3,5H2,1-2H3/t9-/m0/s1. The summed E-state index contributed by atoms with van der Waals surface area (Å²) in [6.45, 7) is 2.50. The van der Waals surface area contributed by atoms with E-state index in [9.17, 15) is 22.8 Å². The number of rotatable bonds is 2. The van der Waals surface area contributed by atoms with Gasteiger partial charge in [-0.05, 0) is 19.9 Å². The number of carbonyl (C=O) groups excluding carboxylic acids is 2. The number of esters is 1. The Bertz CT molecular complexity index is 375. The summed E-state index contributed by atoms with van der Waals surface area (Å²) in [5.74, 6) is -2.24. The number of hydrogen-bond acceptors (Lipinski definition) is 4. The van der Waals surface area contributed by atoms with Crippen LogP contribution in [0.25, 0.3) is 0 Å². The predicted molar refractivity (Wildman–Crippen MR) is 51.9 cm³/mol. The van der Waals surface area contributed by atoms with E-state index in [4.69, 9.17) is 0 Å². The topological polar surface area (TPSA) is 55.4 Å². The van der Waals surface area contributed by atoms with E-state index in [0.717, 1.165) is 6.08 Å². The molecule has 1 aliphatic heterocycles. The zero-order valence-electron chi connectivity index (χ0n) is 9.35. The van der Waals surface area contributed by atoms with Crippen LogP contribution >= 0.6 is 0 Å². The fraction of sp³-hybridized carbons (Fsp3) is 0.600. The fourth-order valence-corrected chi connectivity index (χ4v) is 1.64. The van der Waals surface area contributed by atoms with Crippen molar-refractivity contribution in [3.05, 3.63) is 11.8 Å². The number of halogens is 3. The molecule has 1 heterocycles. The number of hydrogen-bond donors (Lipinski definition) is 1. The van der Waals surface area contributed by atoms with Crippen LogP contribution in [0, 0.1) is 0 Å². The minimum Gasteiger partial charge on any atom is -0.464 e. The summed E-state index contributed by atoms with van der Waals surface area (Å²) in [5.41, 5.74) is -2.97. The Labute approximate surface area is 95.8 Å². The SMILES string of the molecule is CCOC(=O)[C@]1(C(F)(F)F)CC(=O)C=C(C)N1. The maximum atomic E-state index is 13.0. The summed E-state index contributed by atoms with van der Waals surface area (Å²) in [4.78, 5) is 22.7. The molecule has 0 aromatic heterocycles. The molecule has 0 radical (unpaired) electrons. The van der Waals surface area contributed by atoms with E-state index in [1.165, 1.54) is 13.8 Å². The lowest BCUT2D eigenvalue weighted by Crippen LogP contribution is -2.64. The lowest BCUT2D eigenvalue weighted by atomic mass is 9.88. The molecular weight excluding hydrogens is 239 g/mol. The van der Waals surface area contributed by atoms with Gasteiger partial charge in [0.15, 0.2) is 5.78 Å². The van der Waals surface area contributed by atoms with E-state index in [0.29, 0.717) is 0 Å². The van der Waals surface area contributed by atoms with E-state index < -0.39 is 29.9 Å². The van der Waals surface area contributed by atoms with Crippen molar-refractivity contribution < 1.29 is 27.5 Å². The largest absolute Gasteiger partial charge is 0.464 e. The Morgan fingerprint density at radius 3 is 2.59 bits per heavy atom. The van der Waals surface area contributed by atoms with Crippen molar-refractivity contribution >= 4 is 11.8 Å². The van der Waals surface area contributed by atoms with Crippen LogP contribution < -0.4 is 5.32 Å². The van der Waals surface area contributed by atoms with Gasteiger partial charge in [0.2, 0.25) is 5.54 Å². The highest BCUT2D eigenvalue weighted by molar-refractivity contribution is 5.98. The minimum absolute atomic E-state index is 0.00775. The quantitative estimate of drug-likeness (QED) is 0.752. The van der Waals surface area contributed by atoms with Crippen LogP contribution in [0.3, 0.4) is 0 Å². The molecule has 0 amide bonds. The highest BCUT2D eigenvalue weighted by atomic mass is 19.4. The smallest absolute Gasteiger partial charge is 0.422 e. The fourth-order valence-electron chi connectivity index (χ4n) is 1.64. The second kappa shape index (κ2) is 4.38. The zero-order valence-corrected chi connectivity index (χ0v) is 9.35. The van der Waals surface area contributed by atoms with Crippen LogP contribution in [0.5, 0.6) is 0 Å². The molecule has 0 saturated carbocycles. The summed E-state index contributed by atoms with van der Waals surface area (Å²) in [5, 5.41) is 2.03. The van der Waals surface area contributed by atoms with Gasteiger partial charge in [0.05, 0.1) is 13.0 Å². The molecule has 1 N–H and O–H groups in total. The Morgan fingerprint density at radius 1 is 1.59 bits per heavy atom. The van der Waals surface area contributed by atoms with Gasteiger partial charge in [-0.3, -0.25) is 4.79 Å². The molecule has 0 bridgehead atoms. The molecule has 7 heteroatoms. The van der Waals surface area contributed by atoms with E-state index in [2.05, 4.69) is 4.74 Å². The third kappa shape index (κ3) is 2.42. The molecule has 1 aliphatic rings. The van der Waals surface area contributed by atoms with Crippen LogP contribution in [-0.2, 0) is 14.3 Å². The van der Waals surface area contributed by atoms with Crippen LogP contribution in [0.4, 0.5) is 13.2 Å². The van der Waals surface area contributed by atoms with Gasteiger partial charge in [-0.2, -0.15) is 13.2 Å². The molecule has 0 unspecified atom stereocenters. The predicted octanol–water partition coefficient (Wildman–Crippen LogP) is 1.32. The summed E-state index contributed by atoms with van der Waals surface area (Å²) in [6.07, 6.45) is -4.85. The first-order valence-electron chi connectivity index (χ1n) is 4.96. The molecule has 0 saturated heterocycles. The lowest BCUT2D eigenvalue weighted by molar-refractivity contribution is -0.214. The normalized spacial score (nSPS) is 25.0. The van der Waals surface area contributed by atoms with Crippen molar-refractivity contribution in [3.63, 3.8) is 0 Å². The van der Waals surface area contributed by atoms with Crippen molar-refractivity contribution in [2.45, 2.75) is 32.0 Å². The zero-order chi connectivity index (χ0) is 13.3. The van der Waals surface area contributed by atoms with Crippen LogP contribution in [0.15, 0.2) is 11.8 Å². The van der Waals surface area contributed by atoms with Gasteiger partial charge in [0, 0.05) is 5.70 Å². The first kappa shape index (κ1) is 13.5. The van der Waals surface area contributed by atoms with E-state index in [-0.39, 0.29) is 12.3 Å². The molecule has 0 spiro atoms. The maximum Gasteiger partial charge on any atom is 0.422 e. The van der Waals surface area contributed by atoms with Crippen LogP contribution in [-0.4, -0.2) is 30.1 Å². The Morgan fingerprint density at radius 2 is 2.18 bits per heavy atom. The Kier molecular flexibility index (Phi) is 3.49. The monoisotopic (exact) mass is 251 g/mol. The Hall–Kier alpha value is -1.53. The van der Waals surface area contributed by atoms with Gasteiger partial charge in [0.1, 0.15) is 0 Å². The first-order chi connectivity index (χ1) is 7.73. The molecule has 1 rings (SSSR count). The summed E-state index contributed by atoms with van der Waals surface area (Å²) in [6, 6.07) is 0. The molecule has 17 heavy (non-hydrogen) atoms. The van der Waals surface area contributed by atoms with Gasteiger partial charge >= 0.3 is 12.1 Å². The average Bonchev–Trinajstić information content (AvgIpc) is 2.14. The second-order valence-corrected chi connectivity index (χ2v) is 3.72. The van der Waals surface area contributed by atoms with Crippen LogP contribution in [0.2, 0.25) is 0 Å². The number of carbonyl (C=O) groups is 2.